The van der Waals surface area contributed by atoms with Crippen molar-refractivity contribution >= 4 is 49.4 Å². The molecule has 1 N–H and O–H groups in total. The molecule has 0 saturated carbocycles. The zero-order valence-corrected chi connectivity index (χ0v) is 17.7. The molecule has 2 heterocycles. The van der Waals surface area contributed by atoms with Crippen molar-refractivity contribution in [3.8, 4) is 0 Å². The standard InChI is InChI=1S/C19H19Br2NOS/c1-19(2)7-5-13-16(18(19)23)15(17-14(22-13)6-8-24-17)10-3-4-11(20)12(21)9-10/h3-4,9,15,22H,5-8H2,1-2H3. The highest BCUT2D eigenvalue weighted by Gasteiger charge is 2.44. The highest BCUT2D eigenvalue weighted by Crippen LogP contribution is 2.52. The van der Waals surface area contributed by atoms with E-state index < -0.39 is 0 Å². The van der Waals surface area contributed by atoms with E-state index in [9.17, 15) is 4.79 Å². The summed E-state index contributed by atoms with van der Waals surface area (Å²) in [6.45, 7) is 4.17. The summed E-state index contributed by atoms with van der Waals surface area (Å²) < 4.78 is 2.08. The molecule has 1 aromatic carbocycles. The van der Waals surface area contributed by atoms with Gasteiger partial charge in [0.2, 0.25) is 0 Å². The maximum absolute atomic E-state index is 13.3. The molecule has 0 saturated heterocycles. The average molecular weight is 469 g/mol. The van der Waals surface area contributed by atoms with Gasteiger partial charge in [0, 0.05) is 47.9 Å². The second-order valence-corrected chi connectivity index (χ2v) is 10.1. The zero-order valence-electron chi connectivity index (χ0n) is 13.7. The smallest absolute Gasteiger partial charge is 0.167 e. The second kappa shape index (κ2) is 6.03. The lowest BCUT2D eigenvalue weighted by atomic mass is 9.69. The number of rotatable bonds is 1. The topological polar surface area (TPSA) is 29.1 Å². The number of hydrogen-bond acceptors (Lipinski definition) is 3. The van der Waals surface area contributed by atoms with Crippen LogP contribution in [-0.4, -0.2) is 11.5 Å². The molecule has 3 aliphatic rings. The van der Waals surface area contributed by atoms with Gasteiger partial charge in [0.05, 0.1) is 0 Å². The number of nitrogens with one attached hydrogen (secondary N) is 1. The third kappa shape index (κ3) is 2.63. The van der Waals surface area contributed by atoms with Crippen LogP contribution in [0, 0.1) is 5.41 Å². The summed E-state index contributed by atoms with van der Waals surface area (Å²) in [5.41, 5.74) is 4.41. The van der Waals surface area contributed by atoms with Crippen LogP contribution in [-0.2, 0) is 4.79 Å². The third-order valence-electron chi connectivity index (χ3n) is 5.22. The summed E-state index contributed by atoms with van der Waals surface area (Å²) in [7, 11) is 0. The molecule has 1 aliphatic carbocycles. The Morgan fingerprint density at radius 3 is 2.71 bits per heavy atom. The quantitative estimate of drug-likeness (QED) is 0.557. The van der Waals surface area contributed by atoms with Crippen LogP contribution in [0.4, 0.5) is 0 Å². The second-order valence-electron chi connectivity index (χ2n) is 7.28. The van der Waals surface area contributed by atoms with Crippen LogP contribution in [0.2, 0.25) is 0 Å². The normalized spacial score (nSPS) is 25.5. The minimum absolute atomic E-state index is 0.0835. The molecule has 1 atom stereocenters. The van der Waals surface area contributed by atoms with Gasteiger partial charge >= 0.3 is 0 Å². The summed E-state index contributed by atoms with van der Waals surface area (Å²) in [5.74, 6) is 1.49. The van der Waals surface area contributed by atoms with E-state index in [1.165, 1.54) is 16.2 Å². The zero-order chi connectivity index (χ0) is 17.1. The van der Waals surface area contributed by atoms with Crippen molar-refractivity contribution in [1.82, 2.24) is 5.32 Å². The summed E-state index contributed by atoms with van der Waals surface area (Å²) in [6, 6.07) is 6.37. The van der Waals surface area contributed by atoms with E-state index in [2.05, 4.69) is 69.2 Å². The molecular formula is C19H19Br2NOS. The van der Waals surface area contributed by atoms with Gasteiger partial charge in [-0.15, -0.1) is 11.8 Å². The van der Waals surface area contributed by atoms with E-state index >= 15 is 0 Å². The van der Waals surface area contributed by atoms with Crippen molar-refractivity contribution in [3.63, 3.8) is 0 Å². The lowest BCUT2D eigenvalue weighted by Crippen LogP contribution is -2.38. The van der Waals surface area contributed by atoms with Crippen LogP contribution in [0.5, 0.6) is 0 Å². The van der Waals surface area contributed by atoms with Crippen LogP contribution in [0.15, 0.2) is 49.0 Å². The van der Waals surface area contributed by atoms with Crippen LogP contribution in [0.25, 0.3) is 0 Å². The van der Waals surface area contributed by atoms with Gasteiger partial charge in [0.15, 0.2) is 5.78 Å². The number of thioether (sulfide) groups is 1. The van der Waals surface area contributed by atoms with Gasteiger partial charge in [-0.3, -0.25) is 4.79 Å². The Labute approximate surface area is 163 Å². The molecule has 126 valence electrons. The molecule has 0 aromatic heterocycles. The summed E-state index contributed by atoms with van der Waals surface area (Å²) in [6.07, 6.45) is 2.95. The first kappa shape index (κ1) is 16.9. The van der Waals surface area contributed by atoms with Gasteiger partial charge in [0.1, 0.15) is 0 Å². The van der Waals surface area contributed by atoms with E-state index in [0.717, 1.165) is 45.2 Å². The van der Waals surface area contributed by atoms with Crippen LogP contribution in [0.3, 0.4) is 0 Å². The Balaban J connectivity index is 1.88. The molecule has 24 heavy (non-hydrogen) atoms. The van der Waals surface area contributed by atoms with Crippen molar-refractivity contribution in [1.29, 1.82) is 0 Å². The first-order chi connectivity index (χ1) is 11.4. The van der Waals surface area contributed by atoms with Gasteiger partial charge in [-0.2, -0.15) is 0 Å². The first-order valence-electron chi connectivity index (χ1n) is 8.24. The van der Waals surface area contributed by atoms with Crippen molar-refractivity contribution in [2.75, 3.05) is 5.75 Å². The van der Waals surface area contributed by atoms with E-state index in [-0.39, 0.29) is 11.3 Å². The van der Waals surface area contributed by atoms with E-state index in [0.29, 0.717) is 5.78 Å². The molecule has 0 spiro atoms. The summed E-state index contributed by atoms with van der Waals surface area (Å²) in [5, 5.41) is 3.61. The highest BCUT2D eigenvalue weighted by atomic mass is 79.9. The fourth-order valence-electron chi connectivity index (χ4n) is 3.80. The number of dihydropyridines is 1. The Kier molecular flexibility index (Phi) is 4.25. The van der Waals surface area contributed by atoms with Crippen molar-refractivity contribution in [2.45, 2.75) is 39.0 Å². The Bertz CT molecular complexity index is 810. The molecule has 2 nitrogen and oxygen atoms in total. The molecule has 0 fully saturated rings. The molecular weight excluding hydrogens is 450 g/mol. The number of hydrogen-bond donors (Lipinski definition) is 1. The van der Waals surface area contributed by atoms with Gasteiger partial charge in [0.25, 0.3) is 0 Å². The average Bonchev–Trinajstić information content (AvgIpc) is 3.00. The van der Waals surface area contributed by atoms with Crippen LogP contribution in [0.1, 0.15) is 44.6 Å². The van der Waals surface area contributed by atoms with Gasteiger partial charge < -0.3 is 5.32 Å². The summed E-state index contributed by atoms with van der Waals surface area (Å²) in [4.78, 5) is 14.6. The van der Waals surface area contributed by atoms with Crippen molar-refractivity contribution in [3.05, 3.63) is 54.6 Å². The molecule has 4 rings (SSSR count). The minimum Gasteiger partial charge on any atom is -0.361 e. The fraction of sp³-hybridized carbons (Fsp3) is 0.421. The lowest BCUT2D eigenvalue weighted by molar-refractivity contribution is -0.124. The van der Waals surface area contributed by atoms with Crippen molar-refractivity contribution < 1.29 is 4.79 Å². The number of carbonyl (C=O) groups is 1. The minimum atomic E-state index is -0.271. The number of halogens is 2. The first-order valence-corrected chi connectivity index (χ1v) is 10.8. The molecule has 0 amide bonds. The highest BCUT2D eigenvalue weighted by molar-refractivity contribution is 9.13. The number of Topliss-reactive ketones (excluding diaryl/α,β-unsaturated/α-hetero) is 1. The Morgan fingerprint density at radius 1 is 1.17 bits per heavy atom. The number of allylic oxidation sites excluding steroid dienone is 4. The predicted molar refractivity (Wildman–Crippen MR) is 107 cm³/mol. The molecule has 5 heteroatoms. The van der Waals surface area contributed by atoms with E-state index in [1.54, 1.807) is 0 Å². The van der Waals surface area contributed by atoms with E-state index in [1.807, 2.05) is 11.8 Å². The maximum Gasteiger partial charge on any atom is 0.167 e. The molecule has 1 aromatic rings. The SMILES string of the molecule is CC1(C)CCC2=C(C1=O)C(c1ccc(Br)c(Br)c1)C1=C(CCS1)N2. The molecule has 1 unspecified atom stereocenters. The van der Waals surface area contributed by atoms with Gasteiger partial charge in [-0.25, -0.2) is 0 Å². The lowest BCUT2D eigenvalue weighted by Gasteiger charge is -2.39. The Morgan fingerprint density at radius 2 is 1.96 bits per heavy atom. The summed E-state index contributed by atoms with van der Waals surface area (Å²) >= 11 is 9.08. The molecule has 0 radical (unpaired) electrons. The maximum atomic E-state index is 13.3. The monoisotopic (exact) mass is 467 g/mol. The fourth-order valence-corrected chi connectivity index (χ4v) is 5.72. The van der Waals surface area contributed by atoms with Crippen LogP contribution >= 0.6 is 43.6 Å². The molecule has 0 bridgehead atoms. The third-order valence-corrected chi connectivity index (χ3v) is 8.30. The van der Waals surface area contributed by atoms with Gasteiger partial charge in [-0.1, -0.05) is 19.9 Å². The van der Waals surface area contributed by atoms with Gasteiger partial charge in [-0.05, 0) is 68.8 Å². The number of carbonyl (C=O) groups excluding carboxylic acids is 1. The predicted octanol–water partition coefficient (Wildman–Crippen LogP) is 5.89. The van der Waals surface area contributed by atoms with Crippen LogP contribution < -0.4 is 5.32 Å². The van der Waals surface area contributed by atoms with Crippen molar-refractivity contribution in [2.24, 2.45) is 5.41 Å². The Hall–Kier alpha value is -0.520. The largest absolute Gasteiger partial charge is 0.361 e. The molecule has 2 aliphatic heterocycles. The van der Waals surface area contributed by atoms with E-state index in [4.69, 9.17) is 0 Å². The number of ketones is 1. The number of benzene rings is 1.